The summed E-state index contributed by atoms with van der Waals surface area (Å²) in [5.74, 6) is 0. The van der Waals surface area contributed by atoms with Crippen LogP contribution in [0.1, 0.15) is 5.56 Å². The number of benzene rings is 1. The van der Waals surface area contributed by atoms with E-state index in [1.807, 2.05) is 24.5 Å². The van der Waals surface area contributed by atoms with Gasteiger partial charge in [0, 0.05) is 29.5 Å². The average molecular weight is 220 g/mol. The van der Waals surface area contributed by atoms with Gasteiger partial charge in [0.25, 0.3) is 0 Å². The minimum Gasteiger partial charge on any atom is -0.264 e. The molecule has 0 aliphatic carbocycles. The molecular weight excluding hydrogens is 208 g/mol. The Kier molecular flexibility index (Phi) is 2.33. The number of hydrogen-bond acceptors (Lipinski definition) is 2. The summed E-state index contributed by atoms with van der Waals surface area (Å²) in [5, 5.41) is 1.17. The lowest BCUT2D eigenvalue weighted by atomic mass is 10.0. The van der Waals surface area contributed by atoms with Gasteiger partial charge in [0.05, 0.1) is 5.52 Å². The highest BCUT2D eigenvalue weighted by Gasteiger charge is 2.04. The van der Waals surface area contributed by atoms with Crippen molar-refractivity contribution < 1.29 is 0 Å². The van der Waals surface area contributed by atoms with Crippen molar-refractivity contribution in [2.24, 2.45) is 0 Å². The second-order valence-electron chi connectivity index (χ2n) is 4.12. The molecule has 3 rings (SSSR count). The van der Waals surface area contributed by atoms with E-state index in [2.05, 4.69) is 41.2 Å². The fourth-order valence-corrected chi connectivity index (χ4v) is 2.03. The number of aromatic nitrogens is 2. The molecule has 0 saturated heterocycles. The minimum atomic E-state index is 1.03. The molecule has 3 aromatic rings. The number of nitrogens with zero attached hydrogens (tertiary/aromatic N) is 2. The number of aryl methyl sites for hydroxylation is 1. The Bertz CT molecular complexity index is 660. The summed E-state index contributed by atoms with van der Waals surface area (Å²) < 4.78 is 0. The monoisotopic (exact) mass is 220 g/mol. The Morgan fingerprint density at radius 1 is 1.00 bits per heavy atom. The molecule has 2 aromatic heterocycles. The van der Waals surface area contributed by atoms with E-state index in [0.29, 0.717) is 0 Å². The molecule has 2 nitrogen and oxygen atoms in total. The standard InChI is InChI=1S/C15H12N2/c1-11-4-5-14-13(6-8-17-15(14)9-11)12-3-2-7-16-10-12/h2-10H,1H3. The van der Waals surface area contributed by atoms with Crippen molar-refractivity contribution in [3.05, 3.63) is 60.6 Å². The topological polar surface area (TPSA) is 25.8 Å². The van der Waals surface area contributed by atoms with Crippen molar-refractivity contribution >= 4 is 10.9 Å². The molecule has 17 heavy (non-hydrogen) atoms. The third-order valence-corrected chi connectivity index (χ3v) is 2.87. The molecule has 0 radical (unpaired) electrons. The van der Waals surface area contributed by atoms with Gasteiger partial charge in [0.2, 0.25) is 0 Å². The first-order valence-corrected chi connectivity index (χ1v) is 5.60. The maximum absolute atomic E-state index is 4.41. The highest BCUT2D eigenvalue weighted by Crippen LogP contribution is 2.26. The summed E-state index contributed by atoms with van der Waals surface area (Å²) in [7, 11) is 0. The molecule has 0 spiro atoms. The van der Waals surface area contributed by atoms with Crippen molar-refractivity contribution in [1.29, 1.82) is 0 Å². The summed E-state index contributed by atoms with van der Waals surface area (Å²) in [6.07, 6.45) is 5.52. The number of fused-ring (bicyclic) bond motifs is 1. The molecule has 2 heteroatoms. The third kappa shape index (κ3) is 1.78. The van der Waals surface area contributed by atoms with E-state index in [9.17, 15) is 0 Å². The third-order valence-electron chi connectivity index (χ3n) is 2.87. The van der Waals surface area contributed by atoms with Crippen molar-refractivity contribution in [3.63, 3.8) is 0 Å². The van der Waals surface area contributed by atoms with Crippen LogP contribution in [0.2, 0.25) is 0 Å². The van der Waals surface area contributed by atoms with E-state index in [1.54, 1.807) is 6.20 Å². The summed E-state index contributed by atoms with van der Waals surface area (Å²) in [5.41, 5.74) is 4.58. The van der Waals surface area contributed by atoms with E-state index in [1.165, 1.54) is 16.5 Å². The first-order valence-electron chi connectivity index (χ1n) is 5.60. The van der Waals surface area contributed by atoms with Gasteiger partial charge in [-0.15, -0.1) is 0 Å². The Hall–Kier alpha value is -2.22. The Morgan fingerprint density at radius 3 is 2.76 bits per heavy atom. The largest absolute Gasteiger partial charge is 0.264 e. The molecule has 0 atom stereocenters. The van der Waals surface area contributed by atoms with Gasteiger partial charge in [-0.05, 0) is 36.2 Å². The van der Waals surface area contributed by atoms with Crippen LogP contribution < -0.4 is 0 Å². The first-order chi connectivity index (χ1) is 8.34. The zero-order valence-corrected chi connectivity index (χ0v) is 9.59. The molecule has 1 aromatic carbocycles. The van der Waals surface area contributed by atoms with Crippen LogP contribution in [0.3, 0.4) is 0 Å². The van der Waals surface area contributed by atoms with Crippen LogP contribution in [-0.4, -0.2) is 9.97 Å². The SMILES string of the molecule is Cc1ccc2c(-c3cccnc3)ccnc2c1. The van der Waals surface area contributed by atoms with Crippen LogP contribution in [0.5, 0.6) is 0 Å². The van der Waals surface area contributed by atoms with Gasteiger partial charge in [-0.25, -0.2) is 0 Å². The first kappa shape index (κ1) is 9.97. The molecule has 0 aliphatic heterocycles. The Morgan fingerprint density at radius 2 is 1.94 bits per heavy atom. The number of pyridine rings is 2. The molecule has 0 aliphatic rings. The normalized spacial score (nSPS) is 10.6. The van der Waals surface area contributed by atoms with Crippen LogP contribution in [0.25, 0.3) is 22.0 Å². The highest BCUT2D eigenvalue weighted by molar-refractivity contribution is 5.94. The van der Waals surface area contributed by atoms with Gasteiger partial charge in [-0.1, -0.05) is 18.2 Å². The summed E-state index contributed by atoms with van der Waals surface area (Å²) >= 11 is 0. The molecule has 0 unspecified atom stereocenters. The van der Waals surface area contributed by atoms with E-state index >= 15 is 0 Å². The van der Waals surface area contributed by atoms with Gasteiger partial charge >= 0.3 is 0 Å². The average Bonchev–Trinajstić information content (AvgIpc) is 2.39. The predicted molar refractivity (Wildman–Crippen MR) is 69.7 cm³/mol. The maximum atomic E-state index is 4.41. The van der Waals surface area contributed by atoms with Gasteiger partial charge < -0.3 is 0 Å². The van der Waals surface area contributed by atoms with Gasteiger partial charge in [-0.2, -0.15) is 0 Å². The van der Waals surface area contributed by atoms with E-state index in [0.717, 1.165) is 11.1 Å². The molecule has 0 saturated carbocycles. The van der Waals surface area contributed by atoms with Gasteiger partial charge in [-0.3, -0.25) is 9.97 Å². The van der Waals surface area contributed by atoms with Crippen LogP contribution >= 0.6 is 0 Å². The lowest BCUT2D eigenvalue weighted by Crippen LogP contribution is -1.85. The summed E-state index contributed by atoms with van der Waals surface area (Å²) in [6, 6.07) is 12.4. The predicted octanol–water partition coefficient (Wildman–Crippen LogP) is 3.61. The van der Waals surface area contributed by atoms with Crippen LogP contribution in [0.15, 0.2) is 55.0 Å². The van der Waals surface area contributed by atoms with E-state index in [4.69, 9.17) is 0 Å². The molecule has 0 amide bonds. The van der Waals surface area contributed by atoms with E-state index in [-0.39, 0.29) is 0 Å². The molecular formula is C15H12N2. The zero-order chi connectivity index (χ0) is 11.7. The second-order valence-corrected chi connectivity index (χ2v) is 4.12. The quantitative estimate of drug-likeness (QED) is 0.626. The fraction of sp³-hybridized carbons (Fsp3) is 0.0667. The van der Waals surface area contributed by atoms with Crippen molar-refractivity contribution in [2.75, 3.05) is 0 Å². The van der Waals surface area contributed by atoms with Crippen LogP contribution in [-0.2, 0) is 0 Å². The van der Waals surface area contributed by atoms with Crippen molar-refractivity contribution in [3.8, 4) is 11.1 Å². The van der Waals surface area contributed by atoms with Crippen LogP contribution in [0.4, 0.5) is 0 Å². The molecule has 0 fully saturated rings. The Labute approximate surface area is 100.0 Å². The fourth-order valence-electron chi connectivity index (χ4n) is 2.03. The minimum absolute atomic E-state index is 1.03. The lowest BCUT2D eigenvalue weighted by molar-refractivity contribution is 1.32. The Balaban J connectivity index is 2.31. The molecule has 0 bridgehead atoms. The van der Waals surface area contributed by atoms with Crippen molar-refractivity contribution in [1.82, 2.24) is 9.97 Å². The van der Waals surface area contributed by atoms with Crippen molar-refractivity contribution in [2.45, 2.75) is 6.92 Å². The molecule has 2 heterocycles. The molecule has 0 N–H and O–H groups in total. The second kappa shape index (κ2) is 3.98. The number of rotatable bonds is 1. The smallest absolute Gasteiger partial charge is 0.0710 e. The zero-order valence-electron chi connectivity index (χ0n) is 9.59. The number of hydrogen-bond donors (Lipinski definition) is 0. The molecule has 82 valence electrons. The van der Waals surface area contributed by atoms with E-state index < -0.39 is 0 Å². The maximum Gasteiger partial charge on any atom is 0.0710 e. The van der Waals surface area contributed by atoms with Gasteiger partial charge in [0.15, 0.2) is 0 Å². The summed E-state index contributed by atoms with van der Waals surface area (Å²) in [4.78, 5) is 8.57. The lowest BCUT2D eigenvalue weighted by Gasteiger charge is -2.06. The highest BCUT2D eigenvalue weighted by atomic mass is 14.6. The van der Waals surface area contributed by atoms with Crippen LogP contribution in [0, 0.1) is 6.92 Å². The van der Waals surface area contributed by atoms with Gasteiger partial charge in [0.1, 0.15) is 0 Å². The summed E-state index contributed by atoms with van der Waals surface area (Å²) in [6.45, 7) is 2.08.